The Bertz CT molecular complexity index is 722. The molecule has 6 heteroatoms. The number of nitrogens with zero attached hydrogens (tertiary/aromatic N) is 4. The molecule has 1 aromatic carbocycles. The van der Waals surface area contributed by atoms with Crippen molar-refractivity contribution in [3.63, 3.8) is 0 Å². The van der Waals surface area contributed by atoms with Crippen molar-refractivity contribution in [3.8, 4) is 0 Å². The summed E-state index contributed by atoms with van der Waals surface area (Å²) in [6.07, 6.45) is 5.99. The first-order valence-corrected chi connectivity index (χ1v) is 8.27. The Morgan fingerprint density at radius 1 is 1.38 bits per heavy atom. The number of carbonyl (C=O) groups excluding carboxylic acids is 1. The predicted octanol–water partition coefficient (Wildman–Crippen LogP) is 2.12. The molecule has 0 aliphatic carbocycles. The van der Waals surface area contributed by atoms with Gasteiger partial charge in [-0.05, 0) is 31.9 Å². The van der Waals surface area contributed by atoms with Crippen molar-refractivity contribution in [3.05, 3.63) is 53.6 Å². The first kappa shape index (κ1) is 16.4. The number of likely N-dealkylation sites (tertiary alicyclic amines) is 1. The van der Waals surface area contributed by atoms with E-state index in [2.05, 4.69) is 52.2 Å². The average Bonchev–Trinajstić information content (AvgIpc) is 3.06. The van der Waals surface area contributed by atoms with Gasteiger partial charge in [0.1, 0.15) is 6.33 Å². The Balaban J connectivity index is 1.63. The maximum Gasteiger partial charge on any atom is 0.288 e. The Morgan fingerprint density at radius 3 is 2.88 bits per heavy atom. The number of hydrogen-bond acceptors (Lipinski definition) is 4. The van der Waals surface area contributed by atoms with Gasteiger partial charge in [0.05, 0.1) is 6.04 Å². The molecule has 3 rings (SSSR count). The first-order chi connectivity index (χ1) is 11.6. The Kier molecular flexibility index (Phi) is 5.05. The number of benzene rings is 1. The lowest BCUT2D eigenvalue weighted by Crippen LogP contribution is -2.37. The largest absolute Gasteiger partial charge is 0.363 e. The number of aromatic nitrogens is 3. The predicted molar refractivity (Wildman–Crippen MR) is 93.3 cm³/mol. The highest BCUT2D eigenvalue weighted by Gasteiger charge is 2.23. The van der Waals surface area contributed by atoms with E-state index in [1.807, 2.05) is 6.07 Å². The minimum absolute atomic E-state index is 0.0901. The summed E-state index contributed by atoms with van der Waals surface area (Å²) in [4.78, 5) is 17.6. The number of piperidine rings is 1. The van der Waals surface area contributed by atoms with Crippen molar-refractivity contribution in [2.24, 2.45) is 5.73 Å². The average molecular weight is 325 g/mol. The first-order valence-electron chi connectivity index (χ1n) is 8.27. The monoisotopic (exact) mass is 325 g/mol. The number of hydrogen-bond donors (Lipinski definition) is 1. The molecule has 1 aliphatic rings. The van der Waals surface area contributed by atoms with Gasteiger partial charge in [-0.1, -0.05) is 42.0 Å². The van der Waals surface area contributed by atoms with Gasteiger partial charge in [-0.25, -0.2) is 9.67 Å². The van der Waals surface area contributed by atoms with E-state index >= 15 is 0 Å². The molecule has 1 amide bonds. The molecule has 1 fully saturated rings. The van der Waals surface area contributed by atoms with Crippen LogP contribution in [0.3, 0.4) is 0 Å². The van der Waals surface area contributed by atoms with Crippen molar-refractivity contribution in [1.29, 1.82) is 0 Å². The molecule has 2 N–H and O–H groups in total. The van der Waals surface area contributed by atoms with Gasteiger partial charge in [-0.3, -0.25) is 9.69 Å². The molecule has 6 nitrogen and oxygen atoms in total. The fraction of sp³-hybridized carbons (Fsp3) is 0.389. The minimum Gasteiger partial charge on any atom is -0.363 e. The van der Waals surface area contributed by atoms with E-state index in [4.69, 9.17) is 5.73 Å². The van der Waals surface area contributed by atoms with Crippen LogP contribution < -0.4 is 5.73 Å². The molecule has 1 aromatic heterocycles. The Hall–Kier alpha value is -2.47. The van der Waals surface area contributed by atoms with Crippen LogP contribution in [0.2, 0.25) is 0 Å². The topological polar surface area (TPSA) is 77.0 Å². The summed E-state index contributed by atoms with van der Waals surface area (Å²) >= 11 is 0. The lowest BCUT2D eigenvalue weighted by Gasteiger charge is -2.32. The molecular formula is C18H23N5O. The van der Waals surface area contributed by atoms with Crippen molar-refractivity contribution in [2.75, 3.05) is 19.6 Å². The smallest absolute Gasteiger partial charge is 0.288 e. The van der Waals surface area contributed by atoms with E-state index in [0.717, 1.165) is 32.5 Å². The summed E-state index contributed by atoms with van der Waals surface area (Å²) in [6, 6.07) is 10.6. The van der Waals surface area contributed by atoms with Gasteiger partial charge < -0.3 is 5.73 Å². The van der Waals surface area contributed by atoms with Crippen molar-refractivity contribution in [2.45, 2.75) is 25.8 Å². The number of carbonyl (C=O) groups is 1. The summed E-state index contributed by atoms with van der Waals surface area (Å²) in [7, 11) is 0. The van der Waals surface area contributed by atoms with E-state index in [0.29, 0.717) is 0 Å². The fourth-order valence-corrected chi connectivity index (χ4v) is 3.19. The summed E-state index contributed by atoms with van der Waals surface area (Å²) in [6.45, 7) is 5.08. The van der Waals surface area contributed by atoms with Gasteiger partial charge in [-0.15, -0.1) is 5.10 Å². The second kappa shape index (κ2) is 7.40. The number of rotatable bonds is 5. The van der Waals surface area contributed by atoms with Crippen LogP contribution in [0, 0.1) is 0 Å². The molecule has 24 heavy (non-hydrogen) atoms. The summed E-state index contributed by atoms with van der Waals surface area (Å²) < 4.78 is 1.78. The van der Waals surface area contributed by atoms with Gasteiger partial charge in [0.15, 0.2) is 0 Å². The standard InChI is InChI=1S/C18H23N5O/c1-14(10-15-6-3-2-4-7-15)11-22-9-5-8-16(12-22)23-13-20-18(21-23)17(19)24/h2-4,6-7,10,13,16H,5,8-9,11-12H2,1H3,(H2,19,24)/b14-10-. The zero-order valence-corrected chi connectivity index (χ0v) is 13.9. The third-order valence-corrected chi connectivity index (χ3v) is 4.27. The summed E-state index contributed by atoms with van der Waals surface area (Å²) in [5.74, 6) is -0.490. The normalized spacial score (nSPS) is 19.4. The maximum absolute atomic E-state index is 11.1. The minimum atomic E-state index is -0.581. The van der Waals surface area contributed by atoms with Gasteiger partial charge in [0.25, 0.3) is 5.91 Å². The molecule has 0 spiro atoms. The van der Waals surface area contributed by atoms with Crippen LogP contribution in [0.4, 0.5) is 0 Å². The SMILES string of the molecule is C/C(=C/c1ccccc1)CN1CCCC(n2cnc(C(N)=O)n2)C1. The molecule has 1 unspecified atom stereocenters. The van der Waals surface area contributed by atoms with Crippen LogP contribution in [0.1, 0.15) is 42.0 Å². The van der Waals surface area contributed by atoms with Crippen LogP contribution in [-0.4, -0.2) is 45.2 Å². The van der Waals surface area contributed by atoms with E-state index in [-0.39, 0.29) is 11.9 Å². The second-order valence-electron chi connectivity index (χ2n) is 6.34. The lowest BCUT2D eigenvalue weighted by molar-refractivity contribution is 0.0989. The highest BCUT2D eigenvalue weighted by atomic mass is 16.1. The zero-order chi connectivity index (χ0) is 16.9. The molecular weight excluding hydrogens is 302 g/mol. The van der Waals surface area contributed by atoms with E-state index in [9.17, 15) is 4.79 Å². The van der Waals surface area contributed by atoms with Crippen molar-refractivity contribution in [1.82, 2.24) is 19.7 Å². The van der Waals surface area contributed by atoms with E-state index in [1.54, 1.807) is 11.0 Å². The van der Waals surface area contributed by atoms with Crippen molar-refractivity contribution >= 4 is 12.0 Å². The molecule has 1 aliphatic heterocycles. The number of nitrogens with two attached hydrogens (primary N) is 1. The Labute approximate surface area is 142 Å². The van der Waals surface area contributed by atoms with Crippen LogP contribution >= 0.6 is 0 Å². The molecule has 2 aromatic rings. The van der Waals surface area contributed by atoms with Gasteiger partial charge in [-0.2, -0.15) is 0 Å². The van der Waals surface area contributed by atoms with E-state index in [1.165, 1.54) is 11.1 Å². The zero-order valence-electron chi connectivity index (χ0n) is 13.9. The highest BCUT2D eigenvalue weighted by molar-refractivity contribution is 5.88. The van der Waals surface area contributed by atoms with Crippen LogP contribution in [0.25, 0.3) is 6.08 Å². The third-order valence-electron chi connectivity index (χ3n) is 4.27. The van der Waals surface area contributed by atoms with Crippen LogP contribution in [0.5, 0.6) is 0 Å². The fourth-order valence-electron chi connectivity index (χ4n) is 3.19. The molecule has 0 radical (unpaired) electrons. The lowest BCUT2D eigenvalue weighted by atomic mass is 10.0. The van der Waals surface area contributed by atoms with E-state index < -0.39 is 5.91 Å². The molecule has 0 saturated carbocycles. The Morgan fingerprint density at radius 2 is 2.17 bits per heavy atom. The molecule has 126 valence electrons. The third kappa shape index (κ3) is 4.08. The molecule has 2 heterocycles. The second-order valence-corrected chi connectivity index (χ2v) is 6.34. The molecule has 0 bridgehead atoms. The number of primary amides is 1. The number of amides is 1. The van der Waals surface area contributed by atoms with Crippen LogP contribution in [-0.2, 0) is 0 Å². The van der Waals surface area contributed by atoms with Gasteiger partial charge in [0, 0.05) is 13.1 Å². The quantitative estimate of drug-likeness (QED) is 0.913. The van der Waals surface area contributed by atoms with Gasteiger partial charge >= 0.3 is 0 Å². The maximum atomic E-state index is 11.1. The summed E-state index contributed by atoms with van der Waals surface area (Å²) in [5.41, 5.74) is 7.79. The molecule has 1 atom stereocenters. The van der Waals surface area contributed by atoms with Gasteiger partial charge in [0.2, 0.25) is 5.82 Å². The van der Waals surface area contributed by atoms with Crippen molar-refractivity contribution < 1.29 is 4.79 Å². The summed E-state index contributed by atoms with van der Waals surface area (Å²) in [5, 5.41) is 4.20. The molecule has 1 saturated heterocycles. The van der Waals surface area contributed by atoms with Crippen LogP contribution in [0.15, 0.2) is 42.2 Å². The highest BCUT2D eigenvalue weighted by Crippen LogP contribution is 2.21.